The molecular weight excluding hydrogens is 276 g/mol. The number of fused-ring (bicyclic) bond motifs is 1. The zero-order valence-electron chi connectivity index (χ0n) is 13.6. The van der Waals surface area contributed by atoms with E-state index in [2.05, 4.69) is 43.2 Å². The van der Waals surface area contributed by atoms with Crippen LogP contribution in [0.2, 0.25) is 0 Å². The van der Waals surface area contributed by atoms with E-state index >= 15 is 0 Å². The Hall–Kier alpha value is -1.81. The molecule has 3 rings (SSSR count). The van der Waals surface area contributed by atoms with Crippen LogP contribution in [0.1, 0.15) is 41.6 Å². The maximum Gasteiger partial charge on any atom is 0.249 e. The van der Waals surface area contributed by atoms with Gasteiger partial charge in [-0.2, -0.15) is 0 Å². The maximum absolute atomic E-state index is 12.2. The van der Waals surface area contributed by atoms with Gasteiger partial charge in [-0.1, -0.05) is 11.6 Å². The number of benzene rings is 1. The maximum atomic E-state index is 12.2. The molecule has 0 spiro atoms. The molecule has 1 aromatic heterocycles. The van der Waals surface area contributed by atoms with Crippen LogP contribution < -0.4 is 5.32 Å². The van der Waals surface area contributed by atoms with Crippen LogP contribution >= 0.6 is 0 Å². The second-order valence-corrected chi connectivity index (χ2v) is 6.29. The van der Waals surface area contributed by atoms with Crippen LogP contribution in [0.25, 0.3) is 10.9 Å². The lowest BCUT2D eigenvalue weighted by atomic mass is 10.0. The minimum Gasteiger partial charge on any atom is -0.368 e. The summed E-state index contributed by atoms with van der Waals surface area (Å²) in [5.74, 6) is 0.00866. The summed E-state index contributed by atoms with van der Waals surface area (Å²) in [5, 5.41) is 4.28. The average Bonchev–Trinajstić information content (AvgIpc) is 2.81. The summed E-state index contributed by atoms with van der Waals surface area (Å²) in [6.07, 6.45) is 2.68. The number of carbonyl (C=O) groups excluding carboxylic acids is 1. The topological polar surface area (TPSA) is 54.1 Å². The van der Waals surface area contributed by atoms with Crippen LogP contribution in [0, 0.1) is 20.8 Å². The van der Waals surface area contributed by atoms with Gasteiger partial charge < -0.3 is 15.0 Å². The number of ether oxygens (including phenoxy) is 1. The molecule has 4 heteroatoms. The second kappa shape index (κ2) is 6.13. The lowest BCUT2D eigenvalue weighted by molar-refractivity contribution is -0.135. The van der Waals surface area contributed by atoms with Crippen molar-refractivity contribution in [3.63, 3.8) is 0 Å². The summed E-state index contributed by atoms with van der Waals surface area (Å²) in [7, 11) is 0. The molecule has 2 aromatic rings. The van der Waals surface area contributed by atoms with Crippen LogP contribution in [-0.2, 0) is 16.1 Å². The predicted molar refractivity (Wildman–Crippen MR) is 87.9 cm³/mol. The first-order valence-corrected chi connectivity index (χ1v) is 8.04. The van der Waals surface area contributed by atoms with Crippen molar-refractivity contribution in [3.05, 3.63) is 34.5 Å². The lowest BCUT2D eigenvalue weighted by Gasteiger charge is -2.21. The molecule has 1 saturated heterocycles. The summed E-state index contributed by atoms with van der Waals surface area (Å²) >= 11 is 0. The molecule has 2 N–H and O–H groups in total. The number of amides is 1. The number of H-pyrrole nitrogens is 1. The highest BCUT2D eigenvalue weighted by Crippen LogP contribution is 2.26. The van der Waals surface area contributed by atoms with Gasteiger partial charge in [0.1, 0.15) is 6.10 Å². The molecule has 4 nitrogen and oxygen atoms in total. The summed E-state index contributed by atoms with van der Waals surface area (Å²) in [5.41, 5.74) is 5.94. The number of nitrogens with one attached hydrogen (secondary N) is 2. The van der Waals surface area contributed by atoms with E-state index < -0.39 is 0 Å². The van der Waals surface area contributed by atoms with Gasteiger partial charge in [0.15, 0.2) is 0 Å². The Morgan fingerprint density at radius 2 is 2.14 bits per heavy atom. The van der Waals surface area contributed by atoms with Crippen LogP contribution in [0.15, 0.2) is 12.1 Å². The van der Waals surface area contributed by atoms with Crippen molar-refractivity contribution in [1.82, 2.24) is 10.3 Å². The number of aromatic nitrogens is 1. The fourth-order valence-corrected chi connectivity index (χ4v) is 3.17. The minimum atomic E-state index is -0.277. The smallest absolute Gasteiger partial charge is 0.249 e. The largest absolute Gasteiger partial charge is 0.368 e. The van der Waals surface area contributed by atoms with Gasteiger partial charge in [0.05, 0.1) is 5.52 Å². The molecule has 1 fully saturated rings. The SMILES string of the molecule is Cc1cc(CNC(=O)C2CCCCO2)c2[nH]c(C)c(C)c2c1. The molecular formula is C18H24N2O2. The molecule has 118 valence electrons. The Morgan fingerprint density at radius 3 is 2.86 bits per heavy atom. The van der Waals surface area contributed by atoms with E-state index in [1.807, 2.05) is 0 Å². The van der Waals surface area contributed by atoms with Crippen LogP contribution in [0.3, 0.4) is 0 Å². The zero-order valence-corrected chi connectivity index (χ0v) is 13.6. The molecule has 1 aliphatic rings. The third-order valence-corrected chi connectivity index (χ3v) is 4.57. The van der Waals surface area contributed by atoms with Gasteiger partial charge in [-0.15, -0.1) is 0 Å². The van der Waals surface area contributed by atoms with Crippen LogP contribution in [0.5, 0.6) is 0 Å². The molecule has 1 aliphatic heterocycles. The van der Waals surface area contributed by atoms with Crippen LogP contribution in [0.4, 0.5) is 0 Å². The van der Waals surface area contributed by atoms with Gasteiger partial charge in [0, 0.05) is 24.2 Å². The molecule has 0 saturated carbocycles. The molecule has 2 heterocycles. The Bertz CT molecular complexity index is 697. The van der Waals surface area contributed by atoms with Crippen molar-refractivity contribution in [3.8, 4) is 0 Å². The van der Waals surface area contributed by atoms with Crippen molar-refractivity contribution < 1.29 is 9.53 Å². The van der Waals surface area contributed by atoms with Crippen molar-refractivity contribution in [2.75, 3.05) is 6.61 Å². The van der Waals surface area contributed by atoms with E-state index in [1.165, 1.54) is 22.2 Å². The molecule has 1 atom stereocenters. The number of hydrogen-bond donors (Lipinski definition) is 2. The van der Waals surface area contributed by atoms with E-state index in [0.717, 1.165) is 30.3 Å². The quantitative estimate of drug-likeness (QED) is 0.914. The number of carbonyl (C=O) groups is 1. The fraction of sp³-hybridized carbons (Fsp3) is 0.500. The average molecular weight is 300 g/mol. The second-order valence-electron chi connectivity index (χ2n) is 6.29. The van der Waals surface area contributed by atoms with Crippen molar-refractivity contribution in [2.45, 2.75) is 52.7 Å². The number of aromatic amines is 1. The molecule has 0 aliphatic carbocycles. The predicted octanol–water partition coefficient (Wildman–Crippen LogP) is 3.28. The molecule has 1 unspecified atom stereocenters. The van der Waals surface area contributed by atoms with Gasteiger partial charge in [-0.05, 0) is 57.2 Å². The Morgan fingerprint density at radius 1 is 1.32 bits per heavy atom. The Balaban J connectivity index is 1.78. The van der Waals surface area contributed by atoms with E-state index in [4.69, 9.17) is 4.74 Å². The van der Waals surface area contributed by atoms with E-state index in [1.54, 1.807) is 0 Å². The summed E-state index contributed by atoms with van der Waals surface area (Å²) in [4.78, 5) is 15.7. The molecule has 0 bridgehead atoms. The highest BCUT2D eigenvalue weighted by Gasteiger charge is 2.21. The molecule has 1 amide bonds. The Labute approximate surface area is 131 Å². The third kappa shape index (κ3) is 2.88. The minimum absolute atomic E-state index is 0.00866. The van der Waals surface area contributed by atoms with Crippen molar-refractivity contribution in [1.29, 1.82) is 0 Å². The third-order valence-electron chi connectivity index (χ3n) is 4.57. The van der Waals surface area contributed by atoms with Crippen molar-refractivity contribution in [2.24, 2.45) is 0 Å². The summed E-state index contributed by atoms with van der Waals surface area (Å²) < 4.78 is 5.54. The standard InChI is InChI=1S/C18H24N2O2/c1-11-8-14(17-15(9-11)12(2)13(3)20-17)10-19-18(21)16-6-4-5-7-22-16/h8-9,16,20H,4-7,10H2,1-3H3,(H,19,21). The van der Waals surface area contributed by atoms with Gasteiger partial charge >= 0.3 is 0 Å². The first-order chi connectivity index (χ1) is 10.6. The zero-order chi connectivity index (χ0) is 15.7. The van der Waals surface area contributed by atoms with Gasteiger partial charge in [0.2, 0.25) is 5.91 Å². The lowest BCUT2D eigenvalue weighted by Crippen LogP contribution is -2.38. The summed E-state index contributed by atoms with van der Waals surface area (Å²) in [6.45, 7) is 7.55. The fourth-order valence-electron chi connectivity index (χ4n) is 3.17. The summed E-state index contributed by atoms with van der Waals surface area (Å²) in [6, 6.07) is 4.34. The molecule has 0 radical (unpaired) electrons. The van der Waals surface area contributed by atoms with Crippen LogP contribution in [-0.4, -0.2) is 23.6 Å². The highest BCUT2D eigenvalue weighted by atomic mass is 16.5. The van der Waals surface area contributed by atoms with Gasteiger partial charge in [-0.3, -0.25) is 4.79 Å². The number of aryl methyl sites for hydroxylation is 3. The monoisotopic (exact) mass is 300 g/mol. The van der Waals surface area contributed by atoms with Crippen molar-refractivity contribution >= 4 is 16.8 Å². The number of rotatable bonds is 3. The Kier molecular flexibility index (Phi) is 4.21. The van der Waals surface area contributed by atoms with E-state index in [0.29, 0.717) is 13.2 Å². The first-order valence-electron chi connectivity index (χ1n) is 8.04. The number of hydrogen-bond acceptors (Lipinski definition) is 2. The first kappa shape index (κ1) is 15.1. The molecule has 22 heavy (non-hydrogen) atoms. The van der Waals surface area contributed by atoms with E-state index in [9.17, 15) is 4.79 Å². The van der Waals surface area contributed by atoms with Gasteiger partial charge in [0.25, 0.3) is 0 Å². The van der Waals surface area contributed by atoms with E-state index in [-0.39, 0.29) is 12.0 Å². The normalized spacial score (nSPS) is 18.6. The van der Waals surface area contributed by atoms with Gasteiger partial charge in [-0.25, -0.2) is 0 Å². The highest BCUT2D eigenvalue weighted by molar-refractivity contribution is 5.88. The molecule has 1 aromatic carbocycles.